The van der Waals surface area contributed by atoms with Crippen LogP contribution in [0.5, 0.6) is 5.75 Å². The summed E-state index contributed by atoms with van der Waals surface area (Å²) in [7, 11) is 3.58. The van der Waals surface area contributed by atoms with Gasteiger partial charge in [0.25, 0.3) is 0 Å². The maximum absolute atomic E-state index is 9.22. The van der Waals surface area contributed by atoms with Crippen LogP contribution in [-0.4, -0.2) is 14.2 Å². The highest BCUT2D eigenvalue weighted by Crippen LogP contribution is 2.34. The number of rotatable bonds is 3. The van der Waals surface area contributed by atoms with Crippen LogP contribution < -0.4 is 9.64 Å². The Hall–Kier alpha value is -2.47. The molecule has 0 spiro atoms. The van der Waals surface area contributed by atoms with Gasteiger partial charge in [-0.1, -0.05) is 18.2 Å². The standard InChI is InChI=1S/C16H16N2O/c1-12-8-9-13(11-17)15(10-12)18(2)14-6-4-5-7-16(14)19-3/h4-10H,1-3H3. The number of hydrogen-bond acceptors (Lipinski definition) is 3. The number of nitriles is 1. The first-order chi connectivity index (χ1) is 9.17. The highest BCUT2D eigenvalue weighted by atomic mass is 16.5. The van der Waals surface area contributed by atoms with Gasteiger partial charge >= 0.3 is 0 Å². The van der Waals surface area contributed by atoms with Crippen molar-refractivity contribution in [2.75, 3.05) is 19.1 Å². The topological polar surface area (TPSA) is 36.3 Å². The molecule has 19 heavy (non-hydrogen) atoms. The Morgan fingerprint density at radius 3 is 2.53 bits per heavy atom. The van der Waals surface area contributed by atoms with E-state index in [2.05, 4.69) is 6.07 Å². The molecule has 0 unspecified atom stereocenters. The van der Waals surface area contributed by atoms with Gasteiger partial charge in [0.15, 0.2) is 0 Å². The molecule has 0 bridgehead atoms. The third kappa shape index (κ3) is 2.53. The van der Waals surface area contributed by atoms with Crippen molar-refractivity contribution >= 4 is 11.4 Å². The normalized spacial score (nSPS) is 9.79. The minimum absolute atomic E-state index is 0.652. The number of hydrogen-bond donors (Lipinski definition) is 0. The monoisotopic (exact) mass is 252 g/mol. The van der Waals surface area contributed by atoms with Crippen LogP contribution in [0.2, 0.25) is 0 Å². The molecule has 96 valence electrons. The molecule has 0 amide bonds. The number of anilines is 2. The van der Waals surface area contributed by atoms with E-state index in [1.165, 1.54) is 0 Å². The molecule has 0 saturated carbocycles. The maximum atomic E-state index is 9.22. The molecule has 0 radical (unpaired) electrons. The zero-order chi connectivity index (χ0) is 13.8. The van der Waals surface area contributed by atoms with Crippen molar-refractivity contribution in [2.45, 2.75) is 6.92 Å². The molecular formula is C16H16N2O. The summed E-state index contributed by atoms with van der Waals surface area (Å²) in [4.78, 5) is 1.98. The van der Waals surface area contributed by atoms with Crippen LogP contribution in [0, 0.1) is 18.3 Å². The lowest BCUT2D eigenvalue weighted by atomic mass is 10.1. The quantitative estimate of drug-likeness (QED) is 0.836. The molecule has 2 rings (SSSR count). The number of aryl methyl sites for hydroxylation is 1. The second-order valence-corrected chi connectivity index (χ2v) is 4.36. The number of nitrogens with zero attached hydrogens (tertiary/aromatic N) is 2. The average molecular weight is 252 g/mol. The van der Waals surface area contributed by atoms with Gasteiger partial charge < -0.3 is 9.64 Å². The molecule has 3 heteroatoms. The fourth-order valence-corrected chi connectivity index (χ4v) is 2.05. The number of benzene rings is 2. The third-order valence-electron chi connectivity index (χ3n) is 3.08. The van der Waals surface area contributed by atoms with E-state index < -0.39 is 0 Å². The van der Waals surface area contributed by atoms with Gasteiger partial charge in [-0.3, -0.25) is 0 Å². The van der Waals surface area contributed by atoms with E-state index in [1.54, 1.807) is 7.11 Å². The van der Waals surface area contributed by atoms with E-state index >= 15 is 0 Å². The molecule has 0 aliphatic rings. The molecule has 0 heterocycles. The van der Waals surface area contributed by atoms with Gasteiger partial charge in [0.1, 0.15) is 11.8 Å². The van der Waals surface area contributed by atoms with Crippen LogP contribution in [0.4, 0.5) is 11.4 Å². The predicted molar refractivity (Wildman–Crippen MR) is 77.0 cm³/mol. The Kier molecular flexibility index (Phi) is 3.72. The number of methoxy groups -OCH3 is 1. The fourth-order valence-electron chi connectivity index (χ4n) is 2.05. The van der Waals surface area contributed by atoms with Crippen molar-refractivity contribution < 1.29 is 4.74 Å². The second-order valence-electron chi connectivity index (χ2n) is 4.36. The molecule has 0 fully saturated rings. The molecule has 3 nitrogen and oxygen atoms in total. The SMILES string of the molecule is COc1ccccc1N(C)c1cc(C)ccc1C#N. The van der Waals surface area contributed by atoms with Gasteiger partial charge in [0.2, 0.25) is 0 Å². The third-order valence-corrected chi connectivity index (χ3v) is 3.08. The average Bonchev–Trinajstić information content (AvgIpc) is 2.46. The summed E-state index contributed by atoms with van der Waals surface area (Å²) in [6.07, 6.45) is 0. The van der Waals surface area contributed by atoms with Crippen LogP contribution >= 0.6 is 0 Å². The molecule has 0 saturated heterocycles. The Bertz CT molecular complexity index is 629. The van der Waals surface area contributed by atoms with Crippen molar-refractivity contribution in [3.8, 4) is 11.8 Å². The Labute approximate surface area is 113 Å². The largest absolute Gasteiger partial charge is 0.495 e. The highest BCUT2D eigenvalue weighted by molar-refractivity contribution is 5.73. The maximum Gasteiger partial charge on any atom is 0.142 e. The van der Waals surface area contributed by atoms with Gasteiger partial charge in [0.05, 0.1) is 24.0 Å². The summed E-state index contributed by atoms with van der Waals surface area (Å²) >= 11 is 0. The summed E-state index contributed by atoms with van der Waals surface area (Å²) in [6, 6.07) is 15.8. The summed E-state index contributed by atoms with van der Waals surface area (Å²) in [5.41, 5.74) is 3.59. The molecule has 0 aliphatic carbocycles. The van der Waals surface area contributed by atoms with Crippen LogP contribution in [0.1, 0.15) is 11.1 Å². The Morgan fingerprint density at radius 1 is 1.11 bits per heavy atom. The highest BCUT2D eigenvalue weighted by Gasteiger charge is 2.13. The molecule has 0 aromatic heterocycles. The zero-order valence-electron chi connectivity index (χ0n) is 11.3. The van der Waals surface area contributed by atoms with Gasteiger partial charge in [-0.15, -0.1) is 0 Å². The molecule has 0 atom stereocenters. The zero-order valence-corrected chi connectivity index (χ0v) is 11.3. The van der Waals surface area contributed by atoms with Crippen LogP contribution in [0.3, 0.4) is 0 Å². The lowest BCUT2D eigenvalue weighted by Gasteiger charge is -2.23. The van der Waals surface area contributed by atoms with E-state index in [4.69, 9.17) is 4.74 Å². The van der Waals surface area contributed by atoms with Gasteiger partial charge in [-0.25, -0.2) is 0 Å². The summed E-state index contributed by atoms with van der Waals surface area (Å²) < 4.78 is 5.37. The van der Waals surface area contributed by atoms with E-state index in [-0.39, 0.29) is 0 Å². The summed E-state index contributed by atoms with van der Waals surface area (Å²) in [5.74, 6) is 0.787. The van der Waals surface area contributed by atoms with Crippen molar-refractivity contribution in [1.82, 2.24) is 0 Å². The van der Waals surface area contributed by atoms with Gasteiger partial charge in [-0.2, -0.15) is 5.26 Å². The first-order valence-corrected chi connectivity index (χ1v) is 6.05. The molecular weight excluding hydrogens is 236 g/mol. The van der Waals surface area contributed by atoms with E-state index in [9.17, 15) is 5.26 Å². The first kappa shape index (κ1) is 13.0. The van der Waals surface area contributed by atoms with E-state index in [1.807, 2.05) is 61.3 Å². The molecule has 2 aromatic rings. The lowest BCUT2D eigenvalue weighted by Crippen LogP contribution is -2.12. The molecule has 0 N–H and O–H groups in total. The Balaban J connectivity index is 2.53. The van der Waals surface area contributed by atoms with Crippen molar-refractivity contribution in [1.29, 1.82) is 5.26 Å². The molecule has 2 aromatic carbocycles. The number of ether oxygens (including phenoxy) is 1. The van der Waals surface area contributed by atoms with E-state index in [0.717, 1.165) is 22.7 Å². The van der Waals surface area contributed by atoms with E-state index in [0.29, 0.717) is 5.56 Å². The van der Waals surface area contributed by atoms with Crippen LogP contribution in [0.15, 0.2) is 42.5 Å². The number of para-hydroxylation sites is 2. The minimum Gasteiger partial charge on any atom is -0.495 e. The van der Waals surface area contributed by atoms with Gasteiger partial charge in [-0.05, 0) is 36.8 Å². The minimum atomic E-state index is 0.652. The van der Waals surface area contributed by atoms with Crippen molar-refractivity contribution in [3.63, 3.8) is 0 Å². The lowest BCUT2D eigenvalue weighted by molar-refractivity contribution is 0.415. The summed E-state index contributed by atoms with van der Waals surface area (Å²) in [5, 5.41) is 9.22. The van der Waals surface area contributed by atoms with Crippen molar-refractivity contribution in [2.24, 2.45) is 0 Å². The smallest absolute Gasteiger partial charge is 0.142 e. The molecule has 0 aliphatic heterocycles. The summed E-state index contributed by atoms with van der Waals surface area (Å²) in [6.45, 7) is 2.01. The van der Waals surface area contributed by atoms with Crippen molar-refractivity contribution in [3.05, 3.63) is 53.6 Å². The second kappa shape index (κ2) is 5.45. The van der Waals surface area contributed by atoms with Crippen LogP contribution in [0.25, 0.3) is 0 Å². The van der Waals surface area contributed by atoms with Crippen LogP contribution in [-0.2, 0) is 0 Å². The van der Waals surface area contributed by atoms with Gasteiger partial charge in [0, 0.05) is 7.05 Å². The fraction of sp³-hybridized carbons (Fsp3) is 0.188. The Morgan fingerprint density at radius 2 is 1.84 bits per heavy atom. The predicted octanol–water partition coefficient (Wildman–Crippen LogP) is 3.64. The first-order valence-electron chi connectivity index (χ1n) is 6.05.